The van der Waals surface area contributed by atoms with Crippen molar-refractivity contribution in [3.63, 3.8) is 0 Å². The predicted octanol–water partition coefficient (Wildman–Crippen LogP) is 1.01. The lowest BCUT2D eigenvalue weighted by Crippen LogP contribution is -2.35. The van der Waals surface area contributed by atoms with Crippen molar-refractivity contribution in [2.45, 2.75) is 26.0 Å². The molecule has 0 saturated carbocycles. The van der Waals surface area contributed by atoms with Gasteiger partial charge in [-0.2, -0.15) is 0 Å². The number of amides is 1. The van der Waals surface area contributed by atoms with Crippen LogP contribution in [0.15, 0.2) is 30.3 Å². The summed E-state index contributed by atoms with van der Waals surface area (Å²) in [6.07, 6.45) is 0.363. The zero-order valence-electron chi connectivity index (χ0n) is 11.1. The normalized spacial score (nSPS) is 12.4. The molecule has 0 aliphatic rings. The van der Waals surface area contributed by atoms with Gasteiger partial charge in [-0.05, 0) is 26.0 Å². The number of rotatable bonds is 7. The second kappa shape index (κ2) is 7.84. The molecule has 0 aliphatic heterocycles. The fourth-order valence-electron chi connectivity index (χ4n) is 1.58. The van der Waals surface area contributed by atoms with Gasteiger partial charge in [-0.1, -0.05) is 30.3 Å². The van der Waals surface area contributed by atoms with Crippen molar-refractivity contribution < 1.29 is 9.90 Å². The lowest BCUT2D eigenvalue weighted by molar-refractivity contribution is -0.122. The van der Waals surface area contributed by atoms with Gasteiger partial charge in [-0.3, -0.25) is 9.69 Å². The molecule has 0 saturated heterocycles. The van der Waals surface area contributed by atoms with Gasteiger partial charge in [0.25, 0.3) is 0 Å². The van der Waals surface area contributed by atoms with Gasteiger partial charge in [0.15, 0.2) is 0 Å². The van der Waals surface area contributed by atoms with Crippen LogP contribution in [0.1, 0.15) is 18.9 Å². The molecular weight excluding hydrogens is 228 g/mol. The van der Waals surface area contributed by atoms with Gasteiger partial charge in [0.05, 0.1) is 12.6 Å². The topological polar surface area (TPSA) is 52.6 Å². The largest absolute Gasteiger partial charge is 0.393 e. The molecule has 0 bridgehead atoms. The monoisotopic (exact) mass is 250 g/mol. The number of aliphatic hydroxyl groups is 1. The molecule has 0 aromatic heterocycles. The average molecular weight is 250 g/mol. The van der Waals surface area contributed by atoms with Gasteiger partial charge in [-0.25, -0.2) is 0 Å². The van der Waals surface area contributed by atoms with Crippen molar-refractivity contribution in [3.8, 4) is 0 Å². The number of likely N-dealkylation sites (N-methyl/N-ethyl adjacent to an activating group) is 1. The second-order valence-corrected chi connectivity index (χ2v) is 4.64. The maximum atomic E-state index is 11.7. The van der Waals surface area contributed by atoms with E-state index >= 15 is 0 Å². The van der Waals surface area contributed by atoms with Crippen molar-refractivity contribution in [3.05, 3.63) is 35.9 Å². The van der Waals surface area contributed by atoms with E-state index in [0.717, 1.165) is 12.1 Å². The molecule has 4 heteroatoms. The minimum Gasteiger partial charge on any atom is -0.393 e. The molecule has 0 spiro atoms. The fourth-order valence-corrected chi connectivity index (χ4v) is 1.58. The highest BCUT2D eigenvalue weighted by molar-refractivity contribution is 5.77. The van der Waals surface area contributed by atoms with Gasteiger partial charge in [0.2, 0.25) is 5.91 Å². The lowest BCUT2D eigenvalue weighted by atomic mass is 10.2. The smallest absolute Gasteiger partial charge is 0.234 e. The Kier molecular flexibility index (Phi) is 6.39. The van der Waals surface area contributed by atoms with Crippen molar-refractivity contribution in [2.75, 3.05) is 20.1 Å². The molecule has 1 atom stereocenters. The van der Waals surface area contributed by atoms with Crippen molar-refractivity contribution in [2.24, 2.45) is 0 Å². The molecule has 0 aliphatic carbocycles. The Morgan fingerprint density at radius 1 is 1.39 bits per heavy atom. The van der Waals surface area contributed by atoms with Crippen LogP contribution < -0.4 is 5.32 Å². The van der Waals surface area contributed by atoms with Crippen LogP contribution in [-0.4, -0.2) is 42.2 Å². The Hall–Kier alpha value is -1.39. The van der Waals surface area contributed by atoms with E-state index in [2.05, 4.69) is 5.32 Å². The summed E-state index contributed by atoms with van der Waals surface area (Å²) in [5, 5.41) is 12.0. The molecule has 0 heterocycles. The van der Waals surface area contributed by atoms with Crippen LogP contribution in [0, 0.1) is 0 Å². The first-order chi connectivity index (χ1) is 8.58. The third-order valence-electron chi connectivity index (χ3n) is 2.67. The molecule has 1 amide bonds. The molecule has 1 aromatic rings. The zero-order chi connectivity index (χ0) is 13.4. The molecule has 18 heavy (non-hydrogen) atoms. The summed E-state index contributed by atoms with van der Waals surface area (Å²) in [4.78, 5) is 13.6. The van der Waals surface area contributed by atoms with Crippen LogP contribution in [0.5, 0.6) is 0 Å². The number of nitrogens with one attached hydrogen (secondary N) is 1. The van der Waals surface area contributed by atoms with Crippen LogP contribution in [0.2, 0.25) is 0 Å². The number of benzene rings is 1. The van der Waals surface area contributed by atoms with E-state index in [9.17, 15) is 4.79 Å². The molecule has 100 valence electrons. The van der Waals surface area contributed by atoms with Crippen molar-refractivity contribution in [1.29, 1.82) is 0 Å². The first kappa shape index (κ1) is 14.7. The Morgan fingerprint density at radius 3 is 2.67 bits per heavy atom. The van der Waals surface area contributed by atoms with E-state index in [4.69, 9.17) is 5.11 Å². The van der Waals surface area contributed by atoms with Crippen LogP contribution in [0.3, 0.4) is 0 Å². The van der Waals surface area contributed by atoms with Gasteiger partial charge in [-0.15, -0.1) is 0 Å². The first-order valence-electron chi connectivity index (χ1n) is 6.25. The molecule has 4 nitrogen and oxygen atoms in total. The van der Waals surface area contributed by atoms with E-state index < -0.39 is 0 Å². The lowest BCUT2D eigenvalue weighted by Gasteiger charge is -2.17. The molecular formula is C14H22N2O2. The second-order valence-electron chi connectivity index (χ2n) is 4.64. The summed E-state index contributed by atoms with van der Waals surface area (Å²) in [5.41, 5.74) is 1.09. The Balaban J connectivity index is 2.21. The van der Waals surface area contributed by atoms with Gasteiger partial charge >= 0.3 is 0 Å². The summed E-state index contributed by atoms with van der Waals surface area (Å²) in [6.45, 7) is 3.39. The SMILES string of the molecule is CC(O)CCN(C)CC(=O)NCc1ccccc1. The third kappa shape index (κ3) is 6.37. The quantitative estimate of drug-likeness (QED) is 0.759. The summed E-state index contributed by atoms with van der Waals surface area (Å²) < 4.78 is 0. The molecule has 0 radical (unpaired) electrons. The number of hydrogen-bond acceptors (Lipinski definition) is 3. The van der Waals surface area contributed by atoms with Crippen LogP contribution in [0.4, 0.5) is 0 Å². The van der Waals surface area contributed by atoms with Gasteiger partial charge in [0, 0.05) is 13.1 Å². The van der Waals surface area contributed by atoms with E-state index in [0.29, 0.717) is 19.5 Å². The summed E-state index contributed by atoms with van der Waals surface area (Å²) in [6, 6.07) is 9.83. The van der Waals surface area contributed by atoms with Crippen LogP contribution in [-0.2, 0) is 11.3 Å². The minimum absolute atomic E-state index is 0.00643. The number of aliphatic hydroxyl groups excluding tert-OH is 1. The third-order valence-corrected chi connectivity index (χ3v) is 2.67. The summed E-state index contributed by atoms with van der Waals surface area (Å²) in [7, 11) is 1.88. The summed E-state index contributed by atoms with van der Waals surface area (Å²) >= 11 is 0. The average Bonchev–Trinajstić information content (AvgIpc) is 2.35. The van der Waals surface area contributed by atoms with Crippen molar-refractivity contribution in [1.82, 2.24) is 10.2 Å². The zero-order valence-corrected chi connectivity index (χ0v) is 11.1. The van der Waals surface area contributed by atoms with E-state index in [-0.39, 0.29) is 12.0 Å². The van der Waals surface area contributed by atoms with Gasteiger partial charge in [0.1, 0.15) is 0 Å². The number of nitrogens with zero attached hydrogens (tertiary/aromatic N) is 1. The predicted molar refractivity (Wildman–Crippen MR) is 72.1 cm³/mol. The molecule has 0 fully saturated rings. The summed E-state index contributed by atoms with van der Waals surface area (Å²) in [5.74, 6) is 0.00643. The molecule has 1 aromatic carbocycles. The maximum Gasteiger partial charge on any atom is 0.234 e. The highest BCUT2D eigenvalue weighted by Gasteiger charge is 2.07. The van der Waals surface area contributed by atoms with E-state index in [1.165, 1.54) is 0 Å². The number of carbonyl (C=O) groups is 1. The first-order valence-corrected chi connectivity index (χ1v) is 6.25. The standard InChI is InChI=1S/C14H22N2O2/c1-12(17)8-9-16(2)11-14(18)15-10-13-6-4-3-5-7-13/h3-7,12,17H,8-11H2,1-2H3,(H,15,18). The number of carbonyl (C=O) groups excluding carboxylic acids is 1. The maximum absolute atomic E-state index is 11.7. The minimum atomic E-state index is -0.320. The Labute approximate surface area is 109 Å². The van der Waals surface area contributed by atoms with E-state index in [1.54, 1.807) is 6.92 Å². The number of hydrogen-bond donors (Lipinski definition) is 2. The van der Waals surface area contributed by atoms with Crippen molar-refractivity contribution >= 4 is 5.91 Å². The highest BCUT2D eigenvalue weighted by atomic mass is 16.3. The molecule has 2 N–H and O–H groups in total. The van der Waals surface area contributed by atoms with Crippen LogP contribution >= 0.6 is 0 Å². The van der Waals surface area contributed by atoms with E-state index in [1.807, 2.05) is 42.3 Å². The fraction of sp³-hybridized carbons (Fsp3) is 0.500. The van der Waals surface area contributed by atoms with Crippen LogP contribution in [0.25, 0.3) is 0 Å². The van der Waals surface area contributed by atoms with Gasteiger partial charge < -0.3 is 10.4 Å². The highest BCUT2D eigenvalue weighted by Crippen LogP contribution is 1.97. The molecule has 1 unspecified atom stereocenters. The Bertz CT molecular complexity index is 352. The Morgan fingerprint density at radius 2 is 2.06 bits per heavy atom. The molecule has 1 rings (SSSR count).